The molecule has 18 heavy (non-hydrogen) atoms. The summed E-state index contributed by atoms with van der Waals surface area (Å²) in [5.41, 5.74) is 0.865. The summed E-state index contributed by atoms with van der Waals surface area (Å²) < 4.78 is 5.14. The number of aliphatic hydroxyl groups is 2. The number of aliphatic hydroxyl groups excluding tert-OH is 2. The number of aromatic hydroxyl groups is 1. The lowest BCUT2D eigenvalue weighted by molar-refractivity contribution is 0.00830. The second-order valence-electron chi connectivity index (χ2n) is 4.36. The van der Waals surface area contributed by atoms with Crippen LogP contribution < -0.4 is 4.74 Å². The summed E-state index contributed by atoms with van der Waals surface area (Å²) in [7, 11) is 1.45. The first kappa shape index (κ1) is 12.9. The van der Waals surface area contributed by atoms with Crippen LogP contribution in [0.5, 0.6) is 11.5 Å². The molecule has 2 atom stereocenters. The van der Waals surface area contributed by atoms with E-state index in [9.17, 15) is 20.1 Å². The zero-order chi connectivity index (χ0) is 13.4. The van der Waals surface area contributed by atoms with E-state index in [0.29, 0.717) is 17.7 Å². The number of ether oxygens (including phenoxy) is 1. The topological polar surface area (TPSA) is 87.0 Å². The summed E-state index contributed by atoms with van der Waals surface area (Å²) in [6.45, 7) is 1.84. The second kappa shape index (κ2) is 4.59. The van der Waals surface area contributed by atoms with E-state index in [1.54, 1.807) is 0 Å². The number of ketones is 1. The number of carbonyl (C=O) groups is 1. The Morgan fingerprint density at radius 1 is 1.44 bits per heavy atom. The van der Waals surface area contributed by atoms with Crippen LogP contribution in [0.25, 0.3) is 0 Å². The van der Waals surface area contributed by atoms with Crippen LogP contribution in [0.2, 0.25) is 0 Å². The molecule has 0 amide bonds. The van der Waals surface area contributed by atoms with Gasteiger partial charge in [-0.05, 0) is 12.5 Å². The second-order valence-corrected chi connectivity index (χ2v) is 4.36. The number of benzene rings is 1. The third-order valence-electron chi connectivity index (χ3n) is 3.33. The van der Waals surface area contributed by atoms with Gasteiger partial charge in [-0.2, -0.15) is 0 Å². The van der Waals surface area contributed by atoms with Crippen molar-refractivity contribution < 1.29 is 24.9 Å². The number of carbonyl (C=O) groups excluding carboxylic acids is 1. The average molecular weight is 252 g/mol. The molecule has 0 radical (unpaired) electrons. The summed E-state index contributed by atoms with van der Waals surface area (Å²) >= 11 is 0. The molecule has 98 valence electrons. The first-order valence-corrected chi connectivity index (χ1v) is 5.83. The predicted octanol–water partition coefficient (Wildman–Crippen LogP) is 0.944. The number of phenolic OH excluding ortho intramolecular Hbond substituents is 1. The van der Waals surface area contributed by atoms with Gasteiger partial charge in [0.2, 0.25) is 0 Å². The van der Waals surface area contributed by atoms with Crippen LogP contribution in [-0.4, -0.2) is 34.3 Å². The Morgan fingerprint density at radius 2 is 2.11 bits per heavy atom. The molecule has 2 rings (SSSR count). The van der Waals surface area contributed by atoms with Crippen molar-refractivity contribution in [2.75, 3.05) is 7.11 Å². The van der Waals surface area contributed by atoms with E-state index in [2.05, 4.69) is 0 Å². The van der Waals surface area contributed by atoms with E-state index in [1.165, 1.54) is 13.2 Å². The third-order valence-corrected chi connectivity index (χ3v) is 3.33. The van der Waals surface area contributed by atoms with E-state index < -0.39 is 12.2 Å². The Hall–Kier alpha value is -1.59. The molecule has 0 fully saturated rings. The van der Waals surface area contributed by atoms with Crippen LogP contribution >= 0.6 is 0 Å². The fraction of sp³-hybridized carbons (Fsp3) is 0.462. The molecule has 3 N–H and O–H groups in total. The molecule has 1 aromatic rings. The molecular formula is C13H16O5. The minimum atomic E-state index is -1.18. The van der Waals surface area contributed by atoms with Crippen molar-refractivity contribution in [3.63, 3.8) is 0 Å². The maximum atomic E-state index is 11.9. The number of Topliss-reactive ketones (excluding diaryl/α,β-unsaturated/α-hetero) is 1. The smallest absolute Gasteiger partial charge is 0.169 e. The zero-order valence-corrected chi connectivity index (χ0v) is 10.3. The van der Waals surface area contributed by atoms with Crippen LogP contribution in [-0.2, 0) is 6.42 Å². The SMILES string of the molecule is CCc1c(OC)cc2c(c1O)C(=O)C[C@H](O)[C@H]2O. The van der Waals surface area contributed by atoms with Gasteiger partial charge >= 0.3 is 0 Å². The maximum absolute atomic E-state index is 11.9. The predicted molar refractivity (Wildman–Crippen MR) is 64.0 cm³/mol. The van der Waals surface area contributed by atoms with Crippen LogP contribution in [0.15, 0.2) is 6.07 Å². The Morgan fingerprint density at radius 3 is 2.67 bits per heavy atom. The lowest BCUT2D eigenvalue weighted by atomic mass is 9.84. The molecule has 1 aromatic carbocycles. The molecule has 0 aliphatic heterocycles. The number of hydrogen-bond acceptors (Lipinski definition) is 5. The van der Waals surface area contributed by atoms with Crippen LogP contribution in [0.1, 0.15) is 40.9 Å². The molecule has 0 saturated carbocycles. The van der Waals surface area contributed by atoms with Gasteiger partial charge in [-0.1, -0.05) is 6.92 Å². The van der Waals surface area contributed by atoms with E-state index in [1.807, 2.05) is 6.92 Å². The minimum absolute atomic E-state index is 0.102. The molecule has 0 bridgehead atoms. The molecule has 5 nitrogen and oxygen atoms in total. The van der Waals surface area contributed by atoms with E-state index in [0.717, 1.165) is 0 Å². The number of hydrogen-bond donors (Lipinski definition) is 3. The summed E-state index contributed by atoms with van der Waals surface area (Å²) in [4.78, 5) is 11.9. The summed E-state index contributed by atoms with van der Waals surface area (Å²) in [6, 6.07) is 1.51. The Labute approximate surface area is 105 Å². The monoisotopic (exact) mass is 252 g/mol. The van der Waals surface area contributed by atoms with Crippen molar-refractivity contribution in [1.82, 2.24) is 0 Å². The molecule has 5 heteroatoms. The van der Waals surface area contributed by atoms with Gasteiger partial charge in [0.1, 0.15) is 17.6 Å². The number of rotatable bonds is 2. The quantitative estimate of drug-likeness (QED) is 0.729. The minimum Gasteiger partial charge on any atom is -0.507 e. The molecule has 1 aliphatic rings. The van der Waals surface area contributed by atoms with Crippen molar-refractivity contribution in [1.29, 1.82) is 0 Å². The lowest BCUT2D eigenvalue weighted by Gasteiger charge is -2.27. The van der Waals surface area contributed by atoms with Crippen LogP contribution in [0, 0.1) is 0 Å². The highest BCUT2D eigenvalue weighted by molar-refractivity contribution is 6.02. The molecule has 0 heterocycles. The van der Waals surface area contributed by atoms with Gasteiger partial charge in [0, 0.05) is 17.5 Å². The summed E-state index contributed by atoms with van der Waals surface area (Å²) in [5, 5.41) is 29.6. The van der Waals surface area contributed by atoms with Gasteiger partial charge in [-0.3, -0.25) is 4.79 Å². The number of phenols is 1. The van der Waals surface area contributed by atoms with Gasteiger partial charge in [0.05, 0.1) is 18.8 Å². The van der Waals surface area contributed by atoms with Gasteiger partial charge in [0.15, 0.2) is 5.78 Å². The first-order valence-electron chi connectivity index (χ1n) is 5.83. The zero-order valence-electron chi connectivity index (χ0n) is 10.3. The Bertz CT molecular complexity index is 495. The molecule has 0 spiro atoms. The van der Waals surface area contributed by atoms with Gasteiger partial charge in [-0.15, -0.1) is 0 Å². The highest BCUT2D eigenvalue weighted by Gasteiger charge is 2.35. The lowest BCUT2D eigenvalue weighted by Crippen LogP contribution is -2.29. The summed E-state index contributed by atoms with van der Waals surface area (Å²) in [6.07, 6.45) is -1.99. The maximum Gasteiger partial charge on any atom is 0.169 e. The average Bonchev–Trinajstić information content (AvgIpc) is 2.34. The van der Waals surface area contributed by atoms with E-state index >= 15 is 0 Å². The summed E-state index contributed by atoms with van der Waals surface area (Å²) in [5.74, 6) is -0.102. The number of fused-ring (bicyclic) bond motifs is 1. The van der Waals surface area contributed by atoms with Crippen molar-refractivity contribution in [2.45, 2.75) is 32.0 Å². The first-order chi connectivity index (χ1) is 8.51. The molecular weight excluding hydrogens is 236 g/mol. The normalized spacial score (nSPS) is 22.8. The van der Waals surface area contributed by atoms with Crippen LogP contribution in [0.3, 0.4) is 0 Å². The van der Waals surface area contributed by atoms with Gasteiger partial charge < -0.3 is 20.1 Å². The fourth-order valence-corrected chi connectivity index (χ4v) is 2.37. The fourth-order valence-electron chi connectivity index (χ4n) is 2.37. The van der Waals surface area contributed by atoms with Crippen molar-refractivity contribution in [3.05, 3.63) is 22.8 Å². The van der Waals surface area contributed by atoms with E-state index in [-0.39, 0.29) is 29.1 Å². The van der Waals surface area contributed by atoms with Gasteiger partial charge in [0.25, 0.3) is 0 Å². The Balaban J connectivity index is 2.71. The highest BCUT2D eigenvalue weighted by Crippen LogP contribution is 2.41. The molecule has 1 aliphatic carbocycles. The molecule has 0 unspecified atom stereocenters. The van der Waals surface area contributed by atoms with Crippen LogP contribution in [0.4, 0.5) is 0 Å². The highest BCUT2D eigenvalue weighted by atomic mass is 16.5. The molecule has 0 saturated heterocycles. The van der Waals surface area contributed by atoms with Crippen molar-refractivity contribution >= 4 is 5.78 Å². The largest absolute Gasteiger partial charge is 0.507 e. The van der Waals surface area contributed by atoms with Crippen molar-refractivity contribution in [2.24, 2.45) is 0 Å². The third kappa shape index (κ3) is 1.76. The standard InChI is InChI=1S/C13H16O5/c1-3-6-10(18-2)4-7-11(13(6)17)8(14)5-9(15)12(7)16/h4,9,12,15-17H,3,5H2,1-2H3/t9-,12-/m0/s1. The van der Waals surface area contributed by atoms with Crippen molar-refractivity contribution in [3.8, 4) is 11.5 Å². The van der Waals surface area contributed by atoms with Gasteiger partial charge in [-0.25, -0.2) is 0 Å². The molecule has 0 aromatic heterocycles. The number of methoxy groups -OCH3 is 1. The Kier molecular flexibility index (Phi) is 3.28. The van der Waals surface area contributed by atoms with E-state index in [4.69, 9.17) is 4.74 Å².